The predicted molar refractivity (Wildman–Crippen MR) is 80.7 cm³/mol. The summed E-state index contributed by atoms with van der Waals surface area (Å²) in [5.74, 6) is 0.796. The minimum atomic E-state index is -0.131. The first-order valence-corrected chi connectivity index (χ1v) is 6.95. The van der Waals surface area contributed by atoms with Crippen molar-refractivity contribution in [2.45, 2.75) is 25.7 Å². The van der Waals surface area contributed by atoms with E-state index in [4.69, 9.17) is 0 Å². The number of carbonyl (C=O) groups excluding carboxylic acids is 1. The molecule has 4 heteroatoms. The van der Waals surface area contributed by atoms with Gasteiger partial charge in [-0.3, -0.25) is 4.79 Å². The summed E-state index contributed by atoms with van der Waals surface area (Å²) in [5, 5.41) is 5.70. The first-order valence-electron chi connectivity index (χ1n) is 6.95. The van der Waals surface area contributed by atoms with Crippen LogP contribution in [0, 0.1) is 0 Å². The van der Waals surface area contributed by atoms with Crippen LogP contribution < -0.4 is 5.32 Å². The van der Waals surface area contributed by atoms with Crippen LogP contribution in [-0.4, -0.2) is 24.6 Å². The van der Waals surface area contributed by atoms with Gasteiger partial charge in [0, 0.05) is 24.5 Å². The Morgan fingerprint density at radius 1 is 1.20 bits per heavy atom. The summed E-state index contributed by atoms with van der Waals surface area (Å²) < 4.78 is 4.61. The molecule has 2 aromatic rings. The van der Waals surface area contributed by atoms with Crippen LogP contribution in [-0.2, 0) is 9.53 Å². The number of rotatable bonds is 7. The Kier molecular flexibility index (Phi) is 5.35. The van der Waals surface area contributed by atoms with Crippen molar-refractivity contribution in [1.82, 2.24) is 4.98 Å². The topological polar surface area (TPSA) is 51.2 Å². The molecule has 1 N–H and O–H groups in total. The van der Waals surface area contributed by atoms with Crippen LogP contribution in [0.4, 0.5) is 5.82 Å². The third-order valence-corrected chi connectivity index (χ3v) is 3.25. The van der Waals surface area contributed by atoms with Crippen LogP contribution >= 0.6 is 0 Å². The van der Waals surface area contributed by atoms with Crippen LogP contribution in [0.5, 0.6) is 0 Å². The van der Waals surface area contributed by atoms with E-state index < -0.39 is 0 Å². The van der Waals surface area contributed by atoms with Gasteiger partial charge in [0.25, 0.3) is 0 Å². The normalized spacial score (nSPS) is 10.4. The van der Waals surface area contributed by atoms with E-state index in [2.05, 4.69) is 27.2 Å². The second-order valence-electron chi connectivity index (χ2n) is 4.69. The maximum absolute atomic E-state index is 11.0. The van der Waals surface area contributed by atoms with Crippen molar-refractivity contribution < 1.29 is 9.53 Å². The fourth-order valence-electron chi connectivity index (χ4n) is 2.14. The van der Waals surface area contributed by atoms with Gasteiger partial charge in [-0.05, 0) is 24.3 Å². The summed E-state index contributed by atoms with van der Waals surface area (Å²) in [4.78, 5) is 15.3. The third kappa shape index (κ3) is 3.95. The summed E-state index contributed by atoms with van der Waals surface area (Å²) >= 11 is 0. The van der Waals surface area contributed by atoms with Gasteiger partial charge in [0.05, 0.1) is 7.11 Å². The molecular formula is C16H20N2O2. The Balaban J connectivity index is 1.77. The molecule has 106 valence electrons. The molecule has 0 atom stereocenters. The van der Waals surface area contributed by atoms with Gasteiger partial charge in [0.15, 0.2) is 0 Å². The van der Waals surface area contributed by atoms with Gasteiger partial charge in [-0.2, -0.15) is 0 Å². The fraction of sp³-hybridized carbons (Fsp3) is 0.375. The number of nitrogens with zero attached hydrogens (tertiary/aromatic N) is 1. The average molecular weight is 272 g/mol. The van der Waals surface area contributed by atoms with E-state index in [0.717, 1.165) is 37.0 Å². The number of pyridine rings is 1. The number of anilines is 1. The van der Waals surface area contributed by atoms with Gasteiger partial charge in [0.1, 0.15) is 5.82 Å². The summed E-state index contributed by atoms with van der Waals surface area (Å²) in [5.41, 5.74) is 0. The minimum absolute atomic E-state index is 0.131. The van der Waals surface area contributed by atoms with Crippen molar-refractivity contribution in [1.29, 1.82) is 0 Å². The predicted octanol–water partition coefficient (Wildman–Crippen LogP) is 3.38. The zero-order valence-electron chi connectivity index (χ0n) is 11.8. The largest absolute Gasteiger partial charge is 0.469 e. The maximum atomic E-state index is 11.0. The number of carbonyl (C=O) groups is 1. The molecule has 0 saturated heterocycles. The first-order chi connectivity index (χ1) is 9.81. The number of methoxy groups -OCH3 is 1. The lowest BCUT2D eigenvalue weighted by Crippen LogP contribution is -2.04. The van der Waals surface area contributed by atoms with Crippen LogP contribution in [0.1, 0.15) is 25.7 Å². The number of fused-ring (bicyclic) bond motifs is 1. The van der Waals surface area contributed by atoms with Gasteiger partial charge in [-0.15, -0.1) is 0 Å². The Morgan fingerprint density at radius 2 is 2.05 bits per heavy atom. The first kappa shape index (κ1) is 14.3. The molecule has 20 heavy (non-hydrogen) atoms. The monoisotopic (exact) mass is 272 g/mol. The Hall–Kier alpha value is -2.10. The highest BCUT2D eigenvalue weighted by Gasteiger charge is 2.01. The lowest BCUT2D eigenvalue weighted by atomic mass is 10.1. The molecule has 0 bridgehead atoms. The number of nitrogens with one attached hydrogen (secondary N) is 1. The molecule has 1 heterocycles. The smallest absolute Gasteiger partial charge is 0.305 e. The van der Waals surface area contributed by atoms with E-state index in [1.165, 1.54) is 12.5 Å². The minimum Gasteiger partial charge on any atom is -0.469 e. The molecular weight excluding hydrogens is 252 g/mol. The fourth-order valence-corrected chi connectivity index (χ4v) is 2.14. The van der Waals surface area contributed by atoms with Gasteiger partial charge < -0.3 is 10.1 Å². The number of hydrogen-bond acceptors (Lipinski definition) is 4. The quantitative estimate of drug-likeness (QED) is 0.620. The number of ether oxygens (including phenoxy) is 1. The van der Waals surface area contributed by atoms with Crippen molar-refractivity contribution in [2.24, 2.45) is 0 Å². The summed E-state index contributed by atoms with van der Waals surface area (Å²) in [7, 11) is 1.43. The average Bonchev–Trinajstić information content (AvgIpc) is 2.50. The number of aromatic nitrogens is 1. The second kappa shape index (κ2) is 7.48. The van der Waals surface area contributed by atoms with Crippen LogP contribution in [0.2, 0.25) is 0 Å². The van der Waals surface area contributed by atoms with Crippen molar-refractivity contribution in [3.8, 4) is 0 Å². The molecule has 0 unspecified atom stereocenters. The number of unbranched alkanes of at least 4 members (excludes halogenated alkanes) is 2. The standard InChI is InChI=1S/C16H20N2O2/c1-20-15(19)9-3-2-6-11-17-16-14-8-5-4-7-13(14)10-12-18-16/h4-5,7-8,10,12H,2-3,6,9,11H2,1H3,(H,17,18). The molecule has 0 saturated carbocycles. The van der Waals surface area contributed by atoms with Crippen molar-refractivity contribution in [2.75, 3.05) is 19.0 Å². The third-order valence-electron chi connectivity index (χ3n) is 3.25. The molecule has 2 rings (SSSR count). The Bertz CT molecular complexity index is 564. The highest BCUT2D eigenvalue weighted by Crippen LogP contribution is 2.20. The lowest BCUT2D eigenvalue weighted by molar-refractivity contribution is -0.140. The van der Waals surface area contributed by atoms with E-state index >= 15 is 0 Å². The Morgan fingerprint density at radius 3 is 2.90 bits per heavy atom. The molecule has 0 aliphatic rings. The summed E-state index contributed by atoms with van der Waals surface area (Å²) in [6.45, 7) is 0.863. The second-order valence-corrected chi connectivity index (χ2v) is 4.69. The van der Waals surface area contributed by atoms with E-state index in [1.807, 2.05) is 24.4 Å². The summed E-state index contributed by atoms with van der Waals surface area (Å²) in [6, 6.07) is 10.2. The van der Waals surface area contributed by atoms with Crippen molar-refractivity contribution in [3.63, 3.8) is 0 Å². The molecule has 0 fully saturated rings. The van der Waals surface area contributed by atoms with Crippen LogP contribution in [0.3, 0.4) is 0 Å². The molecule has 0 aliphatic carbocycles. The van der Waals surface area contributed by atoms with E-state index in [9.17, 15) is 4.79 Å². The zero-order chi connectivity index (χ0) is 14.2. The van der Waals surface area contributed by atoms with Gasteiger partial charge in [-0.25, -0.2) is 4.98 Å². The maximum Gasteiger partial charge on any atom is 0.305 e. The number of esters is 1. The van der Waals surface area contributed by atoms with Gasteiger partial charge in [0.2, 0.25) is 0 Å². The molecule has 0 aliphatic heterocycles. The number of hydrogen-bond donors (Lipinski definition) is 1. The van der Waals surface area contributed by atoms with Gasteiger partial charge in [-0.1, -0.05) is 30.7 Å². The SMILES string of the molecule is COC(=O)CCCCCNc1nccc2ccccc12. The van der Waals surface area contributed by atoms with E-state index in [-0.39, 0.29) is 5.97 Å². The van der Waals surface area contributed by atoms with Gasteiger partial charge >= 0.3 is 5.97 Å². The van der Waals surface area contributed by atoms with Crippen LogP contribution in [0.25, 0.3) is 10.8 Å². The van der Waals surface area contributed by atoms with Crippen molar-refractivity contribution in [3.05, 3.63) is 36.5 Å². The summed E-state index contributed by atoms with van der Waals surface area (Å²) in [6.07, 6.45) is 5.22. The lowest BCUT2D eigenvalue weighted by Gasteiger charge is -2.08. The van der Waals surface area contributed by atoms with E-state index in [0.29, 0.717) is 6.42 Å². The molecule has 4 nitrogen and oxygen atoms in total. The molecule has 0 spiro atoms. The Labute approximate surface area is 119 Å². The molecule has 0 amide bonds. The zero-order valence-corrected chi connectivity index (χ0v) is 11.8. The van der Waals surface area contributed by atoms with Crippen molar-refractivity contribution >= 4 is 22.6 Å². The number of benzene rings is 1. The molecule has 1 aromatic carbocycles. The highest BCUT2D eigenvalue weighted by molar-refractivity contribution is 5.91. The molecule has 0 radical (unpaired) electrons. The van der Waals surface area contributed by atoms with E-state index in [1.54, 1.807) is 0 Å². The molecule has 1 aromatic heterocycles. The highest BCUT2D eigenvalue weighted by atomic mass is 16.5. The van der Waals surface area contributed by atoms with Crippen LogP contribution in [0.15, 0.2) is 36.5 Å².